The van der Waals surface area contributed by atoms with Crippen LogP contribution in [-0.2, 0) is 11.3 Å². The van der Waals surface area contributed by atoms with Gasteiger partial charge in [-0.05, 0) is 18.1 Å². The molecule has 0 saturated carbocycles. The van der Waals surface area contributed by atoms with Crippen LogP contribution in [0.15, 0.2) is 18.2 Å². The van der Waals surface area contributed by atoms with Crippen molar-refractivity contribution in [2.45, 2.75) is 26.4 Å². The Hall–Kier alpha value is -1.13. The van der Waals surface area contributed by atoms with E-state index in [1.165, 1.54) is 6.07 Å². The summed E-state index contributed by atoms with van der Waals surface area (Å²) in [6, 6.07) is 3.75. The van der Waals surface area contributed by atoms with Crippen molar-refractivity contribution in [3.05, 3.63) is 34.6 Å². The lowest BCUT2D eigenvalue weighted by atomic mass is 10.0. The Morgan fingerprint density at radius 1 is 1.53 bits per heavy atom. The standard InChI is InChI=1S/C12H16ClFN2O/c1-7(2)11(15)12(17)16-6-8-3-4-9(13)5-10(8)14/h3-5,7,11H,6,15H2,1-2H3,(H,16,17). The zero-order chi connectivity index (χ0) is 13.0. The Labute approximate surface area is 105 Å². The number of hydrogen-bond donors (Lipinski definition) is 2. The second kappa shape index (κ2) is 5.98. The second-order valence-electron chi connectivity index (χ2n) is 4.22. The molecule has 0 radical (unpaired) electrons. The lowest BCUT2D eigenvalue weighted by Crippen LogP contribution is -2.43. The van der Waals surface area contributed by atoms with Crippen LogP contribution in [0.25, 0.3) is 0 Å². The molecule has 3 N–H and O–H groups in total. The first-order valence-corrected chi connectivity index (χ1v) is 5.77. The van der Waals surface area contributed by atoms with Crippen molar-refractivity contribution in [2.75, 3.05) is 0 Å². The number of nitrogens with one attached hydrogen (secondary N) is 1. The van der Waals surface area contributed by atoms with Gasteiger partial charge in [-0.2, -0.15) is 0 Å². The van der Waals surface area contributed by atoms with Crippen molar-refractivity contribution in [3.8, 4) is 0 Å². The number of nitrogens with two attached hydrogens (primary N) is 1. The van der Waals surface area contributed by atoms with E-state index in [0.717, 1.165) is 0 Å². The minimum atomic E-state index is -0.578. The minimum Gasteiger partial charge on any atom is -0.351 e. The Kier molecular flexibility index (Phi) is 4.90. The van der Waals surface area contributed by atoms with Crippen molar-refractivity contribution in [2.24, 2.45) is 11.7 Å². The highest BCUT2D eigenvalue weighted by atomic mass is 35.5. The fourth-order valence-corrected chi connectivity index (χ4v) is 1.43. The number of rotatable bonds is 4. The lowest BCUT2D eigenvalue weighted by molar-refractivity contribution is -0.123. The van der Waals surface area contributed by atoms with Crippen molar-refractivity contribution < 1.29 is 9.18 Å². The normalized spacial score (nSPS) is 12.6. The topological polar surface area (TPSA) is 55.1 Å². The molecule has 1 amide bonds. The average Bonchev–Trinajstić information content (AvgIpc) is 2.26. The van der Waals surface area contributed by atoms with Crippen molar-refractivity contribution in [1.82, 2.24) is 5.32 Å². The smallest absolute Gasteiger partial charge is 0.237 e. The largest absolute Gasteiger partial charge is 0.351 e. The van der Waals surface area contributed by atoms with Gasteiger partial charge in [-0.1, -0.05) is 31.5 Å². The molecule has 1 aromatic rings. The Bertz CT molecular complexity index is 409. The third-order valence-corrected chi connectivity index (χ3v) is 2.72. The van der Waals surface area contributed by atoms with E-state index < -0.39 is 11.9 Å². The van der Waals surface area contributed by atoms with Gasteiger partial charge in [0.25, 0.3) is 0 Å². The fourth-order valence-electron chi connectivity index (χ4n) is 1.27. The molecule has 0 saturated heterocycles. The SMILES string of the molecule is CC(C)C(N)C(=O)NCc1ccc(Cl)cc1F. The molecule has 0 heterocycles. The molecule has 1 atom stereocenters. The number of hydrogen-bond acceptors (Lipinski definition) is 2. The second-order valence-corrected chi connectivity index (χ2v) is 4.66. The van der Waals surface area contributed by atoms with Gasteiger partial charge in [0.1, 0.15) is 5.82 Å². The van der Waals surface area contributed by atoms with Crippen LogP contribution in [0, 0.1) is 11.7 Å². The molecule has 3 nitrogen and oxygen atoms in total. The summed E-state index contributed by atoms with van der Waals surface area (Å²) in [4.78, 5) is 11.6. The summed E-state index contributed by atoms with van der Waals surface area (Å²) >= 11 is 5.62. The lowest BCUT2D eigenvalue weighted by Gasteiger charge is -2.15. The van der Waals surface area contributed by atoms with E-state index in [1.54, 1.807) is 12.1 Å². The fraction of sp³-hybridized carbons (Fsp3) is 0.417. The van der Waals surface area contributed by atoms with Crippen LogP contribution in [0.2, 0.25) is 5.02 Å². The van der Waals surface area contributed by atoms with Crippen LogP contribution >= 0.6 is 11.6 Å². The Morgan fingerprint density at radius 3 is 2.71 bits per heavy atom. The molecule has 0 fully saturated rings. The predicted molar refractivity (Wildman–Crippen MR) is 66.1 cm³/mol. The monoisotopic (exact) mass is 258 g/mol. The summed E-state index contributed by atoms with van der Waals surface area (Å²) in [5, 5.41) is 2.92. The van der Waals surface area contributed by atoms with E-state index in [-0.39, 0.29) is 18.4 Å². The number of benzene rings is 1. The van der Waals surface area contributed by atoms with E-state index in [2.05, 4.69) is 5.32 Å². The minimum absolute atomic E-state index is 0.0464. The van der Waals surface area contributed by atoms with Gasteiger partial charge in [0.2, 0.25) is 5.91 Å². The molecule has 0 aliphatic rings. The summed E-state index contributed by atoms with van der Waals surface area (Å²) in [5.74, 6) is -0.671. The van der Waals surface area contributed by atoms with Gasteiger partial charge in [0.05, 0.1) is 6.04 Å². The van der Waals surface area contributed by atoms with Gasteiger partial charge in [-0.15, -0.1) is 0 Å². The number of amides is 1. The highest BCUT2D eigenvalue weighted by Gasteiger charge is 2.16. The first-order valence-electron chi connectivity index (χ1n) is 5.39. The van der Waals surface area contributed by atoms with Gasteiger partial charge in [0.15, 0.2) is 0 Å². The van der Waals surface area contributed by atoms with Crippen molar-refractivity contribution in [3.63, 3.8) is 0 Å². The third kappa shape index (κ3) is 3.98. The van der Waals surface area contributed by atoms with Gasteiger partial charge >= 0.3 is 0 Å². The number of halogens is 2. The molecule has 1 rings (SSSR count). The quantitative estimate of drug-likeness (QED) is 0.869. The van der Waals surface area contributed by atoms with Crippen molar-refractivity contribution in [1.29, 1.82) is 0 Å². The zero-order valence-electron chi connectivity index (χ0n) is 9.84. The Morgan fingerprint density at radius 2 is 2.18 bits per heavy atom. The molecule has 1 aromatic carbocycles. The van der Waals surface area contributed by atoms with Crippen LogP contribution in [0.1, 0.15) is 19.4 Å². The maximum Gasteiger partial charge on any atom is 0.237 e. The molecular weight excluding hydrogens is 243 g/mol. The van der Waals surface area contributed by atoms with Gasteiger partial charge < -0.3 is 11.1 Å². The van der Waals surface area contributed by atoms with E-state index in [4.69, 9.17) is 17.3 Å². The first-order chi connectivity index (χ1) is 7.91. The van der Waals surface area contributed by atoms with Crippen LogP contribution in [0.5, 0.6) is 0 Å². The molecule has 5 heteroatoms. The van der Waals surface area contributed by atoms with Crippen LogP contribution < -0.4 is 11.1 Å². The highest BCUT2D eigenvalue weighted by molar-refractivity contribution is 6.30. The summed E-state index contributed by atoms with van der Waals surface area (Å²) in [5.41, 5.74) is 6.05. The van der Waals surface area contributed by atoms with E-state index >= 15 is 0 Å². The molecule has 94 valence electrons. The number of carbonyl (C=O) groups excluding carboxylic acids is 1. The molecule has 1 unspecified atom stereocenters. The van der Waals surface area contributed by atoms with Gasteiger partial charge in [0, 0.05) is 17.1 Å². The predicted octanol–water partition coefficient (Wildman–Crippen LogP) is 2.08. The summed E-state index contributed by atoms with van der Waals surface area (Å²) < 4.78 is 13.4. The van der Waals surface area contributed by atoms with Gasteiger partial charge in [-0.3, -0.25) is 4.79 Å². The van der Waals surface area contributed by atoms with Crippen LogP contribution in [0.3, 0.4) is 0 Å². The molecule has 0 aliphatic heterocycles. The average molecular weight is 259 g/mol. The van der Waals surface area contributed by atoms with Crippen LogP contribution in [-0.4, -0.2) is 11.9 Å². The summed E-state index contributed by atoms with van der Waals surface area (Å²) in [6.45, 7) is 3.82. The van der Waals surface area contributed by atoms with Crippen molar-refractivity contribution >= 4 is 17.5 Å². The molecule has 17 heavy (non-hydrogen) atoms. The van der Waals surface area contributed by atoms with E-state index in [1.807, 2.05) is 13.8 Å². The molecule has 0 spiro atoms. The maximum absolute atomic E-state index is 13.4. The number of carbonyl (C=O) groups is 1. The molecule has 0 bridgehead atoms. The zero-order valence-corrected chi connectivity index (χ0v) is 10.6. The molecule has 0 aromatic heterocycles. The summed E-state index contributed by atoms with van der Waals surface area (Å²) in [7, 11) is 0. The van der Waals surface area contributed by atoms with Gasteiger partial charge in [-0.25, -0.2) is 4.39 Å². The molecular formula is C12H16ClFN2O. The maximum atomic E-state index is 13.4. The first kappa shape index (κ1) is 13.9. The van der Waals surface area contributed by atoms with Crippen LogP contribution in [0.4, 0.5) is 4.39 Å². The van der Waals surface area contributed by atoms with E-state index in [0.29, 0.717) is 10.6 Å². The molecule has 0 aliphatic carbocycles. The highest BCUT2D eigenvalue weighted by Crippen LogP contribution is 2.14. The third-order valence-electron chi connectivity index (χ3n) is 2.49. The Balaban J connectivity index is 2.59. The van der Waals surface area contributed by atoms with E-state index in [9.17, 15) is 9.18 Å². The summed E-state index contributed by atoms with van der Waals surface area (Å²) in [6.07, 6.45) is 0.